The van der Waals surface area contributed by atoms with Crippen molar-refractivity contribution in [1.29, 1.82) is 0 Å². The van der Waals surface area contributed by atoms with Gasteiger partial charge in [-0.3, -0.25) is 4.79 Å². The summed E-state index contributed by atoms with van der Waals surface area (Å²) in [5.41, 5.74) is 0.0491. The Morgan fingerprint density at radius 2 is 1.95 bits per heavy atom. The lowest BCUT2D eigenvalue weighted by atomic mass is 10.1. The van der Waals surface area contributed by atoms with E-state index in [0.29, 0.717) is 11.9 Å². The number of benzene rings is 2. The van der Waals surface area contributed by atoms with Crippen molar-refractivity contribution in [3.05, 3.63) is 42.0 Å². The maximum Gasteiger partial charge on any atom is 0.342 e. The van der Waals surface area contributed by atoms with Gasteiger partial charge in [0.15, 0.2) is 6.61 Å². The summed E-state index contributed by atoms with van der Waals surface area (Å²) in [6, 6.07) is 10.4. The molecule has 0 fully saturated rings. The number of nitrogens with one attached hydrogen (secondary N) is 1. The van der Waals surface area contributed by atoms with E-state index in [4.69, 9.17) is 4.74 Å². The molecule has 0 saturated carbocycles. The van der Waals surface area contributed by atoms with Crippen LogP contribution >= 0.6 is 0 Å². The third-order valence-electron chi connectivity index (χ3n) is 2.83. The van der Waals surface area contributed by atoms with Crippen LogP contribution in [-0.4, -0.2) is 30.1 Å². The van der Waals surface area contributed by atoms with Gasteiger partial charge in [0.2, 0.25) is 0 Å². The fourth-order valence-corrected chi connectivity index (χ4v) is 1.88. The molecule has 0 aliphatic heterocycles. The second kappa shape index (κ2) is 6.06. The van der Waals surface area contributed by atoms with Gasteiger partial charge < -0.3 is 15.2 Å². The Morgan fingerprint density at radius 1 is 1.20 bits per heavy atom. The highest BCUT2D eigenvalue weighted by Gasteiger charge is 2.16. The van der Waals surface area contributed by atoms with Gasteiger partial charge in [-0.05, 0) is 18.4 Å². The topological polar surface area (TPSA) is 75.6 Å². The first-order chi connectivity index (χ1) is 9.63. The van der Waals surface area contributed by atoms with Crippen LogP contribution in [0.15, 0.2) is 36.4 Å². The largest absolute Gasteiger partial charge is 0.506 e. The fourth-order valence-electron chi connectivity index (χ4n) is 1.88. The molecule has 0 saturated heterocycles. The monoisotopic (exact) mass is 273 g/mol. The van der Waals surface area contributed by atoms with Crippen molar-refractivity contribution in [2.75, 3.05) is 13.2 Å². The molecule has 104 valence electrons. The van der Waals surface area contributed by atoms with E-state index in [0.717, 1.165) is 5.39 Å². The van der Waals surface area contributed by atoms with Crippen LogP contribution in [0.25, 0.3) is 10.8 Å². The number of amides is 1. The molecule has 0 aromatic heterocycles. The average Bonchev–Trinajstić information content (AvgIpc) is 2.46. The predicted octanol–water partition coefficient (Wildman–Crippen LogP) is 1.84. The van der Waals surface area contributed by atoms with Crippen molar-refractivity contribution >= 4 is 22.6 Å². The molecule has 0 heterocycles. The molecule has 2 aromatic rings. The molecule has 2 aromatic carbocycles. The van der Waals surface area contributed by atoms with Crippen molar-refractivity contribution in [2.45, 2.75) is 6.92 Å². The molecule has 0 aliphatic carbocycles. The van der Waals surface area contributed by atoms with E-state index in [2.05, 4.69) is 5.32 Å². The number of rotatable bonds is 4. The van der Waals surface area contributed by atoms with Gasteiger partial charge in [-0.15, -0.1) is 0 Å². The van der Waals surface area contributed by atoms with E-state index in [1.54, 1.807) is 25.1 Å². The molecule has 2 rings (SSSR count). The molecular formula is C15H15NO4. The standard InChI is InChI=1S/C15H15NO4/c1-2-16-13(17)9-20-15(19)12-8-7-10-5-3-4-6-11(10)14(12)18/h3-8,18H,2,9H2,1H3,(H,16,17). The number of carbonyl (C=O) groups is 2. The number of fused-ring (bicyclic) bond motifs is 1. The second-order valence-corrected chi connectivity index (χ2v) is 4.21. The van der Waals surface area contributed by atoms with E-state index in [9.17, 15) is 14.7 Å². The Hall–Kier alpha value is -2.56. The zero-order valence-electron chi connectivity index (χ0n) is 11.1. The fraction of sp³-hybridized carbons (Fsp3) is 0.200. The lowest BCUT2D eigenvalue weighted by Crippen LogP contribution is -2.28. The number of likely N-dealkylation sites (N-methyl/N-ethyl adjacent to an activating group) is 1. The van der Waals surface area contributed by atoms with E-state index in [1.807, 2.05) is 12.1 Å². The quantitative estimate of drug-likeness (QED) is 0.833. The zero-order chi connectivity index (χ0) is 14.5. The number of carbonyl (C=O) groups excluding carboxylic acids is 2. The average molecular weight is 273 g/mol. The summed E-state index contributed by atoms with van der Waals surface area (Å²) in [5, 5.41) is 14.0. The minimum Gasteiger partial charge on any atom is -0.506 e. The van der Waals surface area contributed by atoms with Crippen LogP contribution in [0.5, 0.6) is 5.75 Å². The maximum absolute atomic E-state index is 11.9. The lowest BCUT2D eigenvalue weighted by molar-refractivity contribution is -0.124. The third-order valence-corrected chi connectivity index (χ3v) is 2.83. The Labute approximate surface area is 116 Å². The number of phenolic OH excluding ortho intramolecular Hbond substituents is 1. The van der Waals surface area contributed by atoms with Crippen LogP contribution in [0.4, 0.5) is 0 Å². The minimum absolute atomic E-state index is 0.0491. The smallest absolute Gasteiger partial charge is 0.342 e. The first-order valence-electron chi connectivity index (χ1n) is 6.28. The second-order valence-electron chi connectivity index (χ2n) is 4.21. The van der Waals surface area contributed by atoms with E-state index in [-0.39, 0.29) is 23.8 Å². The predicted molar refractivity (Wildman–Crippen MR) is 74.6 cm³/mol. The van der Waals surface area contributed by atoms with Crippen molar-refractivity contribution in [2.24, 2.45) is 0 Å². The summed E-state index contributed by atoms with van der Waals surface area (Å²) in [6.07, 6.45) is 0. The van der Waals surface area contributed by atoms with Crippen LogP contribution in [0, 0.1) is 0 Å². The van der Waals surface area contributed by atoms with Crippen LogP contribution in [0.3, 0.4) is 0 Å². The van der Waals surface area contributed by atoms with E-state index in [1.165, 1.54) is 6.07 Å². The van der Waals surface area contributed by atoms with Crippen molar-refractivity contribution in [1.82, 2.24) is 5.32 Å². The van der Waals surface area contributed by atoms with Gasteiger partial charge in [0.05, 0.1) is 0 Å². The molecule has 2 N–H and O–H groups in total. The SMILES string of the molecule is CCNC(=O)COC(=O)c1ccc2ccccc2c1O. The van der Waals surface area contributed by atoms with Gasteiger partial charge in [0, 0.05) is 11.9 Å². The van der Waals surface area contributed by atoms with Crippen molar-refractivity contribution < 1.29 is 19.4 Å². The first-order valence-corrected chi connectivity index (χ1v) is 6.28. The molecule has 5 heteroatoms. The van der Waals surface area contributed by atoms with Gasteiger partial charge in [-0.1, -0.05) is 30.3 Å². The molecule has 0 aliphatic rings. The molecule has 0 atom stereocenters. The number of ether oxygens (including phenoxy) is 1. The number of hydrogen-bond acceptors (Lipinski definition) is 4. The third kappa shape index (κ3) is 2.88. The van der Waals surface area contributed by atoms with E-state index >= 15 is 0 Å². The maximum atomic E-state index is 11.9. The minimum atomic E-state index is -0.723. The van der Waals surface area contributed by atoms with E-state index < -0.39 is 5.97 Å². The molecule has 0 unspecified atom stereocenters. The normalized spacial score (nSPS) is 10.2. The summed E-state index contributed by atoms with van der Waals surface area (Å²) in [4.78, 5) is 23.1. The highest BCUT2D eigenvalue weighted by Crippen LogP contribution is 2.28. The molecule has 20 heavy (non-hydrogen) atoms. The van der Waals surface area contributed by atoms with Gasteiger partial charge in [-0.25, -0.2) is 4.79 Å². The van der Waals surface area contributed by atoms with Crippen LogP contribution in [0.1, 0.15) is 17.3 Å². The van der Waals surface area contributed by atoms with Crippen LogP contribution in [0.2, 0.25) is 0 Å². The molecular weight excluding hydrogens is 258 g/mol. The Morgan fingerprint density at radius 3 is 2.70 bits per heavy atom. The van der Waals surface area contributed by atoms with Gasteiger partial charge in [0.1, 0.15) is 11.3 Å². The Balaban J connectivity index is 2.18. The van der Waals surface area contributed by atoms with Gasteiger partial charge in [-0.2, -0.15) is 0 Å². The first kappa shape index (κ1) is 13.9. The van der Waals surface area contributed by atoms with Gasteiger partial charge >= 0.3 is 5.97 Å². The molecule has 5 nitrogen and oxygen atoms in total. The number of hydrogen-bond donors (Lipinski definition) is 2. The Kier molecular flexibility index (Phi) is 4.20. The van der Waals surface area contributed by atoms with Gasteiger partial charge in [0.25, 0.3) is 5.91 Å². The zero-order valence-corrected chi connectivity index (χ0v) is 11.1. The molecule has 0 bridgehead atoms. The summed E-state index contributed by atoms with van der Waals surface area (Å²) >= 11 is 0. The number of phenols is 1. The van der Waals surface area contributed by atoms with Crippen LogP contribution < -0.4 is 5.32 Å². The highest BCUT2D eigenvalue weighted by atomic mass is 16.5. The van der Waals surface area contributed by atoms with Crippen molar-refractivity contribution in [3.8, 4) is 5.75 Å². The lowest BCUT2D eigenvalue weighted by Gasteiger charge is -2.08. The van der Waals surface area contributed by atoms with Crippen LogP contribution in [-0.2, 0) is 9.53 Å². The van der Waals surface area contributed by atoms with Crippen molar-refractivity contribution in [3.63, 3.8) is 0 Å². The molecule has 0 radical (unpaired) electrons. The number of aromatic hydroxyl groups is 1. The molecule has 0 spiro atoms. The number of esters is 1. The molecule has 1 amide bonds. The highest BCUT2D eigenvalue weighted by molar-refractivity contribution is 6.01. The Bertz CT molecular complexity index is 651. The summed E-state index contributed by atoms with van der Waals surface area (Å²) in [5.74, 6) is -1.23. The summed E-state index contributed by atoms with van der Waals surface area (Å²) < 4.78 is 4.86. The summed E-state index contributed by atoms with van der Waals surface area (Å²) in [6.45, 7) is 1.88. The summed E-state index contributed by atoms with van der Waals surface area (Å²) in [7, 11) is 0.